The number of hydrogen-bond donors (Lipinski definition) is 0. The molecule has 1 aromatic heterocycles. The number of rotatable bonds is 6. The minimum absolute atomic E-state index is 0.0451. The molecule has 2 aliphatic heterocycles. The largest absolute Gasteiger partial charge is 0.463 e. The van der Waals surface area contributed by atoms with Gasteiger partial charge in [-0.25, -0.2) is 14.4 Å². The molecule has 3 heterocycles. The monoisotopic (exact) mass is 494 g/mol. The third-order valence-corrected chi connectivity index (χ3v) is 5.20. The highest BCUT2D eigenvalue weighted by molar-refractivity contribution is 6.33. The smallest absolute Gasteiger partial charge is 0.425 e. The number of hydrogen-bond acceptors (Lipinski definition) is 10. The molecule has 0 N–H and O–H groups in total. The Morgan fingerprint density at radius 3 is 2.43 bits per heavy atom. The first-order valence-corrected chi connectivity index (χ1v) is 11.1. The molecule has 2 aliphatic rings. The molecule has 0 radical (unpaired) electrons. The number of aromatic nitrogens is 2. The molecule has 0 spiro atoms. The van der Waals surface area contributed by atoms with Crippen molar-refractivity contribution in [1.82, 2.24) is 9.13 Å². The molecular weight excluding hydrogens is 464 g/mol. The number of fused-ring (bicyclic) bond motifs is 1. The molecule has 4 atom stereocenters. The molecule has 0 aromatic carbocycles. The average molecular weight is 494 g/mol. The Morgan fingerprint density at radius 2 is 1.80 bits per heavy atom. The molecule has 2 fully saturated rings. The molecule has 0 amide bonds. The van der Waals surface area contributed by atoms with Gasteiger partial charge in [0.25, 0.3) is 5.56 Å². The summed E-state index contributed by atoms with van der Waals surface area (Å²) < 4.78 is 29.0. The van der Waals surface area contributed by atoms with Crippen LogP contribution in [0.15, 0.2) is 34.0 Å². The number of ether oxygens (including phenoxy) is 5. The van der Waals surface area contributed by atoms with Crippen LogP contribution in [0.4, 0.5) is 4.79 Å². The van der Waals surface area contributed by atoms with Gasteiger partial charge in [0, 0.05) is 18.7 Å². The highest BCUT2D eigenvalue weighted by atomic mass is 16.8. The molecular formula is C23H30N2O10. The van der Waals surface area contributed by atoms with E-state index in [9.17, 15) is 24.0 Å². The van der Waals surface area contributed by atoms with E-state index in [2.05, 4.69) is 4.74 Å². The fraction of sp³-hybridized carbons (Fsp3) is 0.609. The van der Waals surface area contributed by atoms with Gasteiger partial charge in [-0.15, -0.1) is 0 Å². The highest BCUT2D eigenvalue weighted by Gasteiger charge is 2.55. The predicted octanol–water partition coefficient (Wildman–Crippen LogP) is 1.29. The second-order valence-electron chi connectivity index (χ2n) is 9.60. The van der Waals surface area contributed by atoms with E-state index >= 15 is 0 Å². The van der Waals surface area contributed by atoms with Crippen LogP contribution in [0.1, 0.15) is 53.7 Å². The third-order valence-electron chi connectivity index (χ3n) is 5.20. The van der Waals surface area contributed by atoms with Gasteiger partial charge in [0.2, 0.25) is 5.78 Å². The van der Waals surface area contributed by atoms with Crippen LogP contribution in [0, 0.1) is 0 Å². The van der Waals surface area contributed by atoms with E-state index in [1.165, 1.54) is 6.20 Å². The van der Waals surface area contributed by atoms with Gasteiger partial charge in [0.05, 0.1) is 7.11 Å². The third kappa shape index (κ3) is 5.95. The van der Waals surface area contributed by atoms with Crippen molar-refractivity contribution in [3.05, 3.63) is 45.3 Å². The summed E-state index contributed by atoms with van der Waals surface area (Å²) in [7, 11) is 1.13. The van der Waals surface area contributed by atoms with E-state index in [1.54, 1.807) is 46.8 Å². The molecule has 0 saturated carbocycles. The maximum Gasteiger partial charge on any atom is 0.425 e. The highest BCUT2D eigenvalue weighted by Crippen LogP contribution is 2.43. The van der Waals surface area contributed by atoms with Crippen LogP contribution < -0.4 is 11.2 Å². The molecule has 3 rings (SSSR count). The van der Waals surface area contributed by atoms with Gasteiger partial charge in [-0.05, 0) is 41.0 Å². The van der Waals surface area contributed by atoms with E-state index in [1.807, 2.05) is 0 Å². The SMILES string of the molecule is COC(=O)C(=O)CC/C=C/[C@H]1O[C@@H](n2ccc(=O)n(C(=O)OC(C)(C)C)c2=O)[C@@H]2OC(C)(C)O[C@@H]21. The standard InChI is InChI=1S/C23H30N2O10/c1-22(2,3)35-21(30)25-15(27)11-12-24(20(25)29)18-17-16(33-23(4,5)34-17)14(32-18)10-8-7-9-13(26)19(28)31-6/h8,10-12,14,16-18H,7,9H2,1-6H3/b10-8+/t14-,16-,17-,18-/m1/s1. The van der Waals surface area contributed by atoms with Crippen molar-refractivity contribution in [2.45, 2.75) is 83.4 Å². The van der Waals surface area contributed by atoms with Gasteiger partial charge in [-0.1, -0.05) is 12.2 Å². The first kappa shape index (κ1) is 26.5. The van der Waals surface area contributed by atoms with Crippen LogP contribution in [0.3, 0.4) is 0 Å². The van der Waals surface area contributed by atoms with Gasteiger partial charge in [-0.3, -0.25) is 14.2 Å². The molecule has 12 nitrogen and oxygen atoms in total. The summed E-state index contributed by atoms with van der Waals surface area (Å²) in [5, 5.41) is 0. The Bertz CT molecular complexity index is 1140. The molecule has 12 heteroatoms. The summed E-state index contributed by atoms with van der Waals surface area (Å²) in [4.78, 5) is 60.8. The molecule has 0 bridgehead atoms. The van der Waals surface area contributed by atoms with Crippen molar-refractivity contribution in [2.24, 2.45) is 0 Å². The number of Topliss-reactive ketones (excluding diaryl/α,β-unsaturated/α-hetero) is 1. The Balaban J connectivity index is 1.87. The van der Waals surface area contributed by atoms with E-state index in [0.717, 1.165) is 17.7 Å². The summed E-state index contributed by atoms with van der Waals surface area (Å²) in [6, 6.07) is 1.06. The lowest BCUT2D eigenvalue weighted by molar-refractivity contribution is -0.192. The summed E-state index contributed by atoms with van der Waals surface area (Å²) >= 11 is 0. The fourth-order valence-corrected chi connectivity index (χ4v) is 3.81. The summed E-state index contributed by atoms with van der Waals surface area (Å²) in [6.07, 6.45) is 0.598. The molecule has 0 unspecified atom stereocenters. The van der Waals surface area contributed by atoms with Crippen LogP contribution in [0.25, 0.3) is 0 Å². The number of esters is 1. The van der Waals surface area contributed by atoms with Crippen LogP contribution in [0.2, 0.25) is 0 Å². The van der Waals surface area contributed by atoms with Crippen molar-refractivity contribution < 1.29 is 38.1 Å². The van der Waals surface area contributed by atoms with Gasteiger partial charge in [0.15, 0.2) is 12.0 Å². The van der Waals surface area contributed by atoms with Crippen molar-refractivity contribution in [3.63, 3.8) is 0 Å². The summed E-state index contributed by atoms with van der Waals surface area (Å²) in [5.41, 5.74) is -2.71. The van der Waals surface area contributed by atoms with E-state index in [4.69, 9.17) is 18.9 Å². The van der Waals surface area contributed by atoms with E-state index in [0.29, 0.717) is 4.57 Å². The van der Waals surface area contributed by atoms with Gasteiger partial charge >= 0.3 is 17.8 Å². The maximum absolute atomic E-state index is 13.1. The van der Waals surface area contributed by atoms with Crippen molar-refractivity contribution >= 4 is 17.8 Å². The number of nitrogens with zero attached hydrogens (tertiary/aromatic N) is 2. The topological polar surface area (TPSA) is 141 Å². The maximum atomic E-state index is 13.1. The van der Waals surface area contributed by atoms with Gasteiger partial charge < -0.3 is 23.7 Å². The predicted molar refractivity (Wildman–Crippen MR) is 120 cm³/mol. The van der Waals surface area contributed by atoms with Crippen LogP contribution in [-0.4, -0.2) is 63.8 Å². The van der Waals surface area contributed by atoms with Crippen molar-refractivity contribution in [3.8, 4) is 0 Å². The second-order valence-corrected chi connectivity index (χ2v) is 9.60. The lowest BCUT2D eigenvalue weighted by atomic mass is 10.1. The van der Waals surface area contributed by atoms with Crippen LogP contribution >= 0.6 is 0 Å². The van der Waals surface area contributed by atoms with Gasteiger partial charge in [0.1, 0.15) is 23.9 Å². The minimum atomic E-state index is -1.10. The van der Waals surface area contributed by atoms with Crippen molar-refractivity contribution in [1.29, 1.82) is 0 Å². The number of methoxy groups -OCH3 is 1. The molecule has 0 aliphatic carbocycles. The number of carbonyl (C=O) groups excluding carboxylic acids is 3. The second kappa shape index (κ2) is 9.88. The fourth-order valence-electron chi connectivity index (χ4n) is 3.81. The zero-order valence-corrected chi connectivity index (χ0v) is 20.5. The number of ketones is 1. The molecule has 35 heavy (non-hydrogen) atoms. The number of carbonyl (C=O) groups is 3. The quantitative estimate of drug-likeness (QED) is 0.323. The molecule has 192 valence electrons. The number of allylic oxidation sites excluding steroid dienone is 1. The Labute approximate surface area is 201 Å². The summed E-state index contributed by atoms with van der Waals surface area (Å²) in [5.74, 6) is -2.55. The zero-order chi connectivity index (χ0) is 26.1. The van der Waals surface area contributed by atoms with E-state index < -0.39 is 65.0 Å². The lowest BCUT2D eigenvalue weighted by Crippen LogP contribution is -2.47. The lowest BCUT2D eigenvalue weighted by Gasteiger charge is -2.25. The molecule has 1 aromatic rings. The van der Waals surface area contributed by atoms with E-state index in [-0.39, 0.29) is 12.8 Å². The Kier molecular flexibility index (Phi) is 7.48. The first-order valence-electron chi connectivity index (χ1n) is 11.1. The van der Waals surface area contributed by atoms with Crippen LogP contribution in [-0.2, 0) is 33.3 Å². The average Bonchev–Trinajstić information content (AvgIpc) is 3.22. The normalized spacial score (nSPS) is 25.4. The van der Waals surface area contributed by atoms with Crippen LogP contribution in [0.5, 0.6) is 0 Å². The summed E-state index contributed by atoms with van der Waals surface area (Å²) in [6.45, 7) is 8.27. The minimum Gasteiger partial charge on any atom is -0.463 e. The Hall–Kier alpha value is -3.09. The van der Waals surface area contributed by atoms with Crippen molar-refractivity contribution in [2.75, 3.05) is 7.11 Å². The zero-order valence-electron chi connectivity index (χ0n) is 20.5. The van der Waals surface area contributed by atoms with Gasteiger partial charge in [-0.2, -0.15) is 4.57 Å². The molecule has 2 saturated heterocycles. The Morgan fingerprint density at radius 1 is 1.14 bits per heavy atom. The first-order chi connectivity index (χ1) is 16.2.